The molecule has 4 heteroatoms. The van der Waals surface area contributed by atoms with Gasteiger partial charge in [0, 0.05) is 9.13 Å². The lowest BCUT2D eigenvalue weighted by Crippen LogP contribution is -2.01. The summed E-state index contributed by atoms with van der Waals surface area (Å²) in [6, 6.07) is 5.10. The first-order valence-electron chi connectivity index (χ1n) is 3.00. The maximum atomic E-state index is 13.0. The molecule has 0 saturated heterocycles. The molecular weight excluding hydrogens is 260 g/mol. The van der Waals surface area contributed by atoms with Gasteiger partial charge in [-0.25, -0.2) is 10.3 Å². The summed E-state index contributed by atoms with van der Waals surface area (Å²) >= 11 is 1.92. The van der Waals surface area contributed by atoms with E-state index in [1.807, 2.05) is 22.6 Å². The SMILES string of the molecule is NOCc1cccc(I)c1F. The smallest absolute Gasteiger partial charge is 0.142 e. The number of rotatable bonds is 2. The Balaban J connectivity index is 2.96. The summed E-state index contributed by atoms with van der Waals surface area (Å²) < 4.78 is 13.6. The largest absolute Gasteiger partial charge is 0.300 e. The molecule has 0 aromatic heterocycles. The first kappa shape index (κ1) is 8.89. The lowest BCUT2D eigenvalue weighted by Gasteiger charge is -2.01. The van der Waals surface area contributed by atoms with Crippen molar-refractivity contribution in [1.29, 1.82) is 0 Å². The van der Waals surface area contributed by atoms with Crippen LogP contribution in [0.25, 0.3) is 0 Å². The summed E-state index contributed by atoms with van der Waals surface area (Å²) in [5.41, 5.74) is 0.486. The van der Waals surface area contributed by atoms with Crippen molar-refractivity contribution in [2.24, 2.45) is 5.90 Å². The molecule has 11 heavy (non-hydrogen) atoms. The minimum atomic E-state index is -0.251. The molecule has 0 heterocycles. The van der Waals surface area contributed by atoms with Gasteiger partial charge in [0.05, 0.1) is 6.61 Å². The summed E-state index contributed by atoms with van der Waals surface area (Å²) in [4.78, 5) is 4.32. The van der Waals surface area contributed by atoms with E-state index in [1.54, 1.807) is 18.2 Å². The Morgan fingerprint density at radius 1 is 1.55 bits per heavy atom. The molecule has 1 aromatic rings. The molecule has 0 bridgehead atoms. The fraction of sp³-hybridized carbons (Fsp3) is 0.143. The van der Waals surface area contributed by atoms with Gasteiger partial charge < -0.3 is 0 Å². The van der Waals surface area contributed by atoms with Crippen LogP contribution in [0.5, 0.6) is 0 Å². The summed E-state index contributed by atoms with van der Waals surface area (Å²) in [6.07, 6.45) is 0. The van der Waals surface area contributed by atoms with Gasteiger partial charge in [-0.15, -0.1) is 0 Å². The van der Waals surface area contributed by atoms with Crippen LogP contribution in [-0.2, 0) is 11.4 Å². The van der Waals surface area contributed by atoms with Crippen LogP contribution < -0.4 is 5.90 Å². The number of nitrogens with two attached hydrogens (primary N) is 1. The first-order valence-corrected chi connectivity index (χ1v) is 4.08. The van der Waals surface area contributed by atoms with E-state index >= 15 is 0 Å². The lowest BCUT2D eigenvalue weighted by atomic mass is 10.2. The highest BCUT2D eigenvalue weighted by atomic mass is 127. The van der Waals surface area contributed by atoms with E-state index in [4.69, 9.17) is 5.90 Å². The molecule has 0 radical (unpaired) electrons. The molecule has 0 amide bonds. The summed E-state index contributed by atoms with van der Waals surface area (Å²) in [6.45, 7) is 0.114. The molecule has 0 aliphatic carbocycles. The minimum absolute atomic E-state index is 0.114. The number of benzene rings is 1. The molecule has 0 unspecified atom stereocenters. The zero-order valence-electron chi connectivity index (χ0n) is 5.68. The molecule has 0 aliphatic heterocycles. The molecule has 0 aliphatic rings. The topological polar surface area (TPSA) is 35.2 Å². The quantitative estimate of drug-likeness (QED) is 0.655. The molecular formula is C7H7FINO. The van der Waals surface area contributed by atoms with Crippen molar-refractivity contribution < 1.29 is 9.23 Å². The van der Waals surface area contributed by atoms with Crippen molar-refractivity contribution in [3.63, 3.8) is 0 Å². The number of hydrogen-bond donors (Lipinski definition) is 1. The van der Waals surface area contributed by atoms with Gasteiger partial charge in [-0.05, 0) is 28.7 Å². The summed E-state index contributed by atoms with van der Waals surface area (Å²) in [5, 5.41) is 0. The highest BCUT2D eigenvalue weighted by Crippen LogP contribution is 2.14. The first-order chi connectivity index (χ1) is 5.25. The Labute approximate surface area is 77.6 Å². The molecule has 0 fully saturated rings. The summed E-state index contributed by atoms with van der Waals surface area (Å²) in [5.74, 6) is 4.56. The van der Waals surface area contributed by atoms with E-state index in [0.717, 1.165) is 0 Å². The molecule has 0 atom stereocenters. The Morgan fingerprint density at radius 2 is 2.27 bits per heavy atom. The Hall–Kier alpha value is -0.200. The Morgan fingerprint density at radius 3 is 2.91 bits per heavy atom. The molecule has 2 N–H and O–H groups in total. The van der Waals surface area contributed by atoms with Gasteiger partial charge in [-0.1, -0.05) is 12.1 Å². The average molecular weight is 267 g/mol. The van der Waals surface area contributed by atoms with E-state index in [9.17, 15) is 4.39 Å². The second-order valence-corrected chi connectivity index (χ2v) is 3.19. The standard InChI is InChI=1S/C7H7FINO/c8-7-5(4-11-10)2-1-3-6(7)9/h1-3H,4,10H2. The third-order valence-corrected chi connectivity index (χ3v) is 2.10. The number of hydrogen-bond acceptors (Lipinski definition) is 2. The fourth-order valence-corrected chi connectivity index (χ4v) is 1.30. The zero-order chi connectivity index (χ0) is 8.27. The van der Waals surface area contributed by atoms with Crippen molar-refractivity contribution in [3.05, 3.63) is 33.1 Å². The molecule has 0 saturated carbocycles. The van der Waals surface area contributed by atoms with Crippen molar-refractivity contribution in [1.82, 2.24) is 0 Å². The van der Waals surface area contributed by atoms with Crippen molar-refractivity contribution in [2.45, 2.75) is 6.61 Å². The van der Waals surface area contributed by atoms with E-state index in [2.05, 4.69) is 4.84 Å². The highest BCUT2D eigenvalue weighted by molar-refractivity contribution is 14.1. The minimum Gasteiger partial charge on any atom is -0.300 e. The van der Waals surface area contributed by atoms with Crippen molar-refractivity contribution in [2.75, 3.05) is 0 Å². The lowest BCUT2D eigenvalue weighted by molar-refractivity contribution is 0.121. The van der Waals surface area contributed by atoms with Crippen LogP contribution in [0.15, 0.2) is 18.2 Å². The fourth-order valence-electron chi connectivity index (χ4n) is 0.750. The average Bonchev–Trinajstić information content (AvgIpc) is 1.99. The predicted octanol–water partition coefficient (Wildman–Crippen LogP) is 1.82. The predicted molar refractivity (Wildman–Crippen MR) is 48.1 cm³/mol. The van der Waals surface area contributed by atoms with Crippen molar-refractivity contribution >= 4 is 22.6 Å². The Bertz CT molecular complexity index is 254. The maximum Gasteiger partial charge on any atom is 0.142 e. The Kier molecular flexibility index (Phi) is 3.22. The highest BCUT2D eigenvalue weighted by Gasteiger charge is 2.03. The van der Waals surface area contributed by atoms with Crippen LogP contribution in [0, 0.1) is 9.39 Å². The van der Waals surface area contributed by atoms with E-state index in [1.165, 1.54) is 0 Å². The molecule has 1 aromatic carbocycles. The van der Waals surface area contributed by atoms with Gasteiger partial charge in [0.25, 0.3) is 0 Å². The molecule has 2 nitrogen and oxygen atoms in total. The number of halogens is 2. The van der Waals surface area contributed by atoms with Crippen LogP contribution in [-0.4, -0.2) is 0 Å². The van der Waals surface area contributed by atoms with Crippen LogP contribution in [0.4, 0.5) is 4.39 Å². The van der Waals surface area contributed by atoms with Crippen LogP contribution >= 0.6 is 22.6 Å². The van der Waals surface area contributed by atoms with E-state index < -0.39 is 0 Å². The maximum absolute atomic E-state index is 13.0. The second kappa shape index (κ2) is 3.99. The molecule has 0 spiro atoms. The van der Waals surface area contributed by atoms with E-state index in [0.29, 0.717) is 9.13 Å². The second-order valence-electron chi connectivity index (χ2n) is 2.02. The third-order valence-electron chi connectivity index (χ3n) is 1.27. The van der Waals surface area contributed by atoms with Crippen LogP contribution in [0.1, 0.15) is 5.56 Å². The van der Waals surface area contributed by atoms with Gasteiger partial charge in [0.1, 0.15) is 5.82 Å². The van der Waals surface area contributed by atoms with Gasteiger partial charge in [0.15, 0.2) is 0 Å². The molecule has 1 rings (SSSR count). The van der Waals surface area contributed by atoms with Gasteiger partial charge in [0.2, 0.25) is 0 Å². The van der Waals surface area contributed by atoms with Gasteiger partial charge >= 0.3 is 0 Å². The van der Waals surface area contributed by atoms with Crippen LogP contribution in [0.2, 0.25) is 0 Å². The van der Waals surface area contributed by atoms with Gasteiger partial charge in [-0.3, -0.25) is 4.84 Å². The van der Waals surface area contributed by atoms with Crippen molar-refractivity contribution in [3.8, 4) is 0 Å². The van der Waals surface area contributed by atoms with E-state index in [-0.39, 0.29) is 12.4 Å². The van der Waals surface area contributed by atoms with Crippen LogP contribution in [0.3, 0.4) is 0 Å². The zero-order valence-corrected chi connectivity index (χ0v) is 7.84. The monoisotopic (exact) mass is 267 g/mol. The van der Waals surface area contributed by atoms with Gasteiger partial charge in [-0.2, -0.15) is 0 Å². The molecule has 60 valence electrons. The normalized spacial score (nSPS) is 10.1. The summed E-state index contributed by atoms with van der Waals surface area (Å²) in [7, 11) is 0. The third kappa shape index (κ3) is 2.11.